The minimum atomic E-state index is -0.553. The molecular formula is C27H20O9. The van der Waals surface area contributed by atoms with Crippen LogP contribution in [0.2, 0.25) is 0 Å². The molecule has 0 radical (unpaired) electrons. The third-order valence-electron chi connectivity index (χ3n) is 6.45. The van der Waals surface area contributed by atoms with Gasteiger partial charge in [0.05, 0.1) is 26.2 Å². The first kappa shape index (κ1) is 21.8. The molecule has 0 amide bonds. The van der Waals surface area contributed by atoms with Crippen LogP contribution < -0.4 is 29.1 Å². The first-order chi connectivity index (χ1) is 17.5. The van der Waals surface area contributed by atoms with E-state index in [0.717, 1.165) is 0 Å². The smallest absolute Gasteiger partial charge is 0.312 e. The predicted molar refractivity (Wildman–Crippen MR) is 127 cm³/mol. The lowest BCUT2D eigenvalue weighted by Gasteiger charge is -2.26. The summed E-state index contributed by atoms with van der Waals surface area (Å²) in [6.07, 6.45) is 1.33. The Kier molecular flexibility index (Phi) is 4.99. The molecule has 1 N–H and O–H groups in total. The molecule has 0 aliphatic carbocycles. The van der Waals surface area contributed by atoms with Gasteiger partial charge in [0.15, 0.2) is 11.5 Å². The van der Waals surface area contributed by atoms with Crippen molar-refractivity contribution in [2.45, 2.75) is 12.3 Å². The molecule has 0 saturated heterocycles. The van der Waals surface area contributed by atoms with Gasteiger partial charge in [-0.2, -0.15) is 0 Å². The Bertz CT molecular complexity index is 1580. The van der Waals surface area contributed by atoms with E-state index < -0.39 is 17.3 Å². The van der Waals surface area contributed by atoms with Gasteiger partial charge in [-0.15, -0.1) is 0 Å². The molecule has 9 heteroatoms. The molecule has 3 heterocycles. The maximum Gasteiger partial charge on any atom is 0.312 e. The van der Waals surface area contributed by atoms with E-state index in [4.69, 9.17) is 28.1 Å². The van der Waals surface area contributed by atoms with Crippen molar-refractivity contribution in [2.24, 2.45) is 0 Å². The summed E-state index contributed by atoms with van der Waals surface area (Å²) in [5.41, 5.74) is 1.76. The fraction of sp³-hybridized carbons (Fsp3) is 0.185. The number of hydrogen-bond acceptors (Lipinski definition) is 9. The maximum absolute atomic E-state index is 13.5. The minimum absolute atomic E-state index is 0.00211. The number of phenolic OH excluding ortho intramolecular Hbond substituents is 1. The Balaban J connectivity index is 1.56. The van der Waals surface area contributed by atoms with E-state index in [1.165, 1.54) is 19.4 Å². The summed E-state index contributed by atoms with van der Waals surface area (Å²) in [6, 6.07) is 11.7. The summed E-state index contributed by atoms with van der Waals surface area (Å²) in [5.74, 6) is 0.796. The summed E-state index contributed by atoms with van der Waals surface area (Å²) < 4.78 is 33.1. The molecule has 9 nitrogen and oxygen atoms in total. The van der Waals surface area contributed by atoms with Crippen LogP contribution in [-0.2, 0) is 4.79 Å². The zero-order valence-electron chi connectivity index (χ0n) is 19.3. The minimum Gasteiger partial charge on any atom is -0.507 e. The van der Waals surface area contributed by atoms with Gasteiger partial charge < -0.3 is 33.2 Å². The average molecular weight is 488 g/mol. The molecule has 6 rings (SSSR count). The van der Waals surface area contributed by atoms with E-state index in [0.29, 0.717) is 39.7 Å². The van der Waals surface area contributed by atoms with Crippen molar-refractivity contribution in [3.8, 4) is 45.6 Å². The number of benzene rings is 3. The van der Waals surface area contributed by atoms with E-state index >= 15 is 0 Å². The summed E-state index contributed by atoms with van der Waals surface area (Å²) in [4.78, 5) is 26.0. The van der Waals surface area contributed by atoms with E-state index in [-0.39, 0.29) is 41.2 Å². The Morgan fingerprint density at radius 1 is 0.972 bits per heavy atom. The van der Waals surface area contributed by atoms with Gasteiger partial charge in [0.25, 0.3) is 0 Å². The molecule has 4 aromatic rings. The zero-order valence-corrected chi connectivity index (χ0v) is 19.3. The normalized spacial score (nSPS) is 15.9. The van der Waals surface area contributed by atoms with Crippen molar-refractivity contribution in [2.75, 3.05) is 21.0 Å². The topological polar surface area (TPSA) is 114 Å². The van der Waals surface area contributed by atoms with Gasteiger partial charge in [0.2, 0.25) is 18.0 Å². The molecule has 0 spiro atoms. The highest BCUT2D eigenvalue weighted by Crippen LogP contribution is 2.49. The SMILES string of the molecule is COc1ccc(-c2coc3c4c(cc(O)c3c2=O)OC(=O)C[C@H]4c2cc(OC)c3c(c2)OCO3)cc1. The number of fused-ring (bicyclic) bond motifs is 4. The number of carbonyl (C=O) groups is 1. The van der Waals surface area contributed by atoms with E-state index in [1.807, 2.05) is 0 Å². The Hall–Kier alpha value is -4.66. The number of phenols is 1. The molecule has 2 aliphatic heterocycles. The van der Waals surface area contributed by atoms with Crippen LogP contribution in [0.1, 0.15) is 23.5 Å². The molecule has 182 valence electrons. The highest BCUT2D eigenvalue weighted by molar-refractivity contribution is 5.94. The van der Waals surface area contributed by atoms with Gasteiger partial charge >= 0.3 is 5.97 Å². The van der Waals surface area contributed by atoms with Crippen LogP contribution in [0, 0.1) is 0 Å². The van der Waals surface area contributed by atoms with Crippen LogP contribution in [0.15, 0.2) is 57.9 Å². The summed E-state index contributed by atoms with van der Waals surface area (Å²) in [7, 11) is 3.07. The molecule has 0 bridgehead atoms. The van der Waals surface area contributed by atoms with Crippen LogP contribution in [-0.4, -0.2) is 32.1 Å². The lowest BCUT2D eigenvalue weighted by molar-refractivity contribution is -0.135. The molecule has 0 unspecified atom stereocenters. The quantitative estimate of drug-likeness (QED) is 0.331. The first-order valence-electron chi connectivity index (χ1n) is 11.1. The number of esters is 1. The average Bonchev–Trinajstić information content (AvgIpc) is 3.36. The molecule has 0 fully saturated rings. The van der Waals surface area contributed by atoms with E-state index in [2.05, 4.69) is 0 Å². The molecule has 1 atom stereocenters. The summed E-state index contributed by atoms with van der Waals surface area (Å²) in [5, 5.41) is 10.8. The fourth-order valence-corrected chi connectivity index (χ4v) is 4.74. The predicted octanol–water partition coefficient (Wildman–Crippen LogP) is 4.35. The van der Waals surface area contributed by atoms with Gasteiger partial charge in [-0.25, -0.2) is 0 Å². The number of aromatic hydroxyl groups is 1. The lowest BCUT2D eigenvalue weighted by atomic mass is 9.84. The number of hydrogen-bond donors (Lipinski definition) is 1. The third kappa shape index (κ3) is 3.31. The standard InChI is InChI=1S/C27H20O9/c1-31-15-5-3-13(4-6-15)17-11-33-27-23-16(14-7-20(32-2)26-21(8-14)34-12-35-26)9-22(29)36-19(23)10-18(28)24(27)25(17)30/h3-8,10-11,16,28H,9,12H2,1-2H3/t16-/m0/s1. The largest absolute Gasteiger partial charge is 0.507 e. The Labute approximate surface area is 204 Å². The number of rotatable bonds is 4. The van der Waals surface area contributed by atoms with Gasteiger partial charge in [0.1, 0.15) is 34.5 Å². The van der Waals surface area contributed by atoms with Crippen molar-refractivity contribution >= 4 is 16.9 Å². The molecule has 1 aromatic heterocycles. The molecule has 3 aromatic carbocycles. The monoisotopic (exact) mass is 488 g/mol. The number of ether oxygens (including phenoxy) is 5. The molecule has 0 saturated carbocycles. The Morgan fingerprint density at radius 3 is 2.53 bits per heavy atom. The molecule has 2 aliphatic rings. The second-order valence-electron chi connectivity index (χ2n) is 8.41. The van der Waals surface area contributed by atoms with Gasteiger partial charge in [-0.3, -0.25) is 9.59 Å². The van der Waals surface area contributed by atoms with Gasteiger partial charge in [0, 0.05) is 17.5 Å². The van der Waals surface area contributed by atoms with E-state index in [1.54, 1.807) is 43.5 Å². The zero-order chi connectivity index (χ0) is 25.0. The maximum atomic E-state index is 13.5. The molecule has 36 heavy (non-hydrogen) atoms. The lowest BCUT2D eigenvalue weighted by Crippen LogP contribution is -2.22. The van der Waals surface area contributed by atoms with Crippen molar-refractivity contribution in [1.29, 1.82) is 0 Å². The van der Waals surface area contributed by atoms with Crippen LogP contribution >= 0.6 is 0 Å². The van der Waals surface area contributed by atoms with Crippen molar-refractivity contribution in [3.63, 3.8) is 0 Å². The highest BCUT2D eigenvalue weighted by Gasteiger charge is 2.35. The van der Waals surface area contributed by atoms with Crippen LogP contribution in [0.3, 0.4) is 0 Å². The third-order valence-corrected chi connectivity index (χ3v) is 6.45. The fourth-order valence-electron chi connectivity index (χ4n) is 4.74. The number of methoxy groups -OCH3 is 2. The van der Waals surface area contributed by atoms with Crippen LogP contribution in [0.25, 0.3) is 22.1 Å². The van der Waals surface area contributed by atoms with Crippen molar-refractivity contribution in [3.05, 3.63) is 70.1 Å². The highest BCUT2D eigenvalue weighted by atomic mass is 16.7. The van der Waals surface area contributed by atoms with Crippen molar-refractivity contribution < 1.29 is 38.0 Å². The summed E-state index contributed by atoms with van der Waals surface area (Å²) in [6.45, 7) is 0.0538. The van der Waals surface area contributed by atoms with Crippen LogP contribution in [0.5, 0.6) is 34.5 Å². The number of carbonyl (C=O) groups excluding carboxylic acids is 1. The second-order valence-corrected chi connectivity index (χ2v) is 8.41. The molecular weight excluding hydrogens is 468 g/mol. The second kappa shape index (κ2) is 8.23. The van der Waals surface area contributed by atoms with E-state index in [9.17, 15) is 14.7 Å². The van der Waals surface area contributed by atoms with Crippen LogP contribution in [0.4, 0.5) is 0 Å². The summed E-state index contributed by atoms with van der Waals surface area (Å²) >= 11 is 0. The van der Waals surface area contributed by atoms with Gasteiger partial charge in [-0.05, 0) is 35.4 Å². The first-order valence-corrected chi connectivity index (χ1v) is 11.1. The van der Waals surface area contributed by atoms with Gasteiger partial charge in [-0.1, -0.05) is 12.1 Å². The Morgan fingerprint density at radius 2 is 1.78 bits per heavy atom. The van der Waals surface area contributed by atoms with Crippen molar-refractivity contribution in [1.82, 2.24) is 0 Å².